The van der Waals surface area contributed by atoms with E-state index in [-0.39, 0.29) is 5.78 Å². The molecular weight excluding hydrogens is 324 g/mol. The Kier molecular flexibility index (Phi) is 15.5. The van der Waals surface area contributed by atoms with E-state index in [9.17, 15) is 4.79 Å². The lowest BCUT2D eigenvalue weighted by molar-refractivity contribution is -0.117. The summed E-state index contributed by atoms with van der Waals surface area (Å²) < 4.78 is 0. The molecule has 0 heterocycles. The summed E-state index contributed by atoms with van der Waals surface area (Å²) in [6.45, 7) is 11.2. The van der Waals surface area contributed by atoms with Crippen LogP contribution in [0.5, 0.6) is 0 Å². The number of unbranched alkanes of at least 4 members (excludes halogenated alkanes) is 2. The van der Waals surface area contributed by atoms with Crippen LogP contribution < -0.4 is 17.2 Å². The fourth-order valence-corrected chi connectivity index (χ4v) is 3.34. The van der Waals surface area contributed by atoms with Crippen molar-refractivity contribution in [3.8, 4) is 0 Å². The smallest absolute Gasteiger partial charge is 0.174 e. The van der Waals surface area contributed by atoms with Crippen LogP contribution in [0.1, 0.15) is 77.6 Å². The third-order valence-electron chi connectivity index (χ3n) is 5.14. The molecule has 0 amide bonds. The summed E-state index contributed by atoms with van der Waals surface area (Å²) in [5, 5.41) is 0. The van der Waals surface area contributed by atoms with Crippen molar-refractivity contribution < 1.29 is 4.79 Å². The van der Waals surface area contributed by atoms with Crippen molar-refractivity contribution in [3.05, 3.63) is 12.2 Å². The summed E-state index contributed by atoms with van der Waals surface area (Å²) in [7, 11) is 0. The molecule has 0 saturated carbocycles. The van der Waals surface area contributed by atoms with Crippen LogP contribution in [0.2, 0.25) is 0 Å². The van der Waals surface area contributed by atoms with E-state index in [1.165, 1.54) is 0 Å². The molecule has 3 unspecified atom stereocenters. The molecule has 0 radical (unpaired) electrons. The summed E-state index contributed by atoms with van der Waals surface area (Å²) in [6, 6.07) is -0.0614. The maximum absolute atomic E-state index is 12.4. The zero-order chi connectivity index (χ0) is 19.8. The summed E-state index contributed by atoms with van der Waals surface area (Å²) >= 11 is 0. The van der Waals surface area contributed by atoms with Gasteiger partial charge in [0.2, 0.25) is 0 Å². The third kappa shape index (κ3) is 11.6. The van der Waals surface area contributed by atoms with Crippen molar-refractivity contribution >= 4 is 12.5 Å². The molecule has 0 bridgehead atoms. The van der Waals surface area contributed by atoms with Crippen molar-refractivity contribution in [1.82, 2.24) is 0 Å². The minimum atomic E-state index is -0.437. The molecule has 5 nitrogen and oxygen atoms in total. The maximum Gasteiger partial charge on any atom is 0.174 e. The van der Waals surface area contributed by atoms with E-state index in [1.807, 2.05) is 0 Å². The quantitative estimate of drug-likeness (QED) is 0.196. The highest BCUT2D eigenvalue weighted by Gasteiger charge is 2.19. The number of carbonyl (C=O) groups is 1. The summed E-state index contributed by atoms with van der Waals surface area (Å²) in [5.74, 6) is 0.477. The Labute approximate surface area is 160 Å². The second-order valence-electron chi connectivity index (χ2n) is 7.39. The van der Waals surface area contributed by atoms with Gasteiger partial charge in [0.05, 0.1) is 6.04 Å². The van der Waals surface area contributed by atoms with Crippen molar-refractivity contribution in [1.29, 1.82) is 0 Å². The Morgan fingerprint density at radius 2 is 1.54 bits per heavy atom. The lowest BCUT2D eigenvalue weighted by atomic mass is 9.87. The summed E-state index contributed by atoms with van der Waals surface area (Å²) in [6.07, 6.45) is 10.8. The van der Waals surface area contributed by atoms with Gasteiger partial charge < -0.3 is 17.2 Å². The van der Waals surface area contributed by atoms with Crippen LogP contribution in [-0.4, -0.2) is 37.7 Å². The Morgan fingerprint density at radius 3 is 2.12 bits per heavy atom. The monoisotopic (exact) mass is 366 g/mol. The van der Waals surface area contributed by atoms with Crippen molar-refractivity contribution in [2.45, 2.75) is 89.6 Å². The molecule has 0 spiro atoms. The van der Waals surface area contributed by atoms with E-state index in [0.717, 1.165) is 64.2 Å². The molecular formula is C21H42N4O. The number of nitrogens with zero attached hydrogens (tertiary/aromatic N) is 1. The number of Topliss-reactive ketones (excluding diaryl/α,β-unsaturated/α-hetero) is 1. The predicted octanol–water partition coefficient (Wildman–Crippen LogP) is 3.35. The first-order valence-electron chi connectivity index (χ1n) is 10.3. The van der Waals surface area contributed by atoms with E-state index in [0.29, 0.717) is 37.0 Å². The van der Waals surface area contributed by atoms with Gasteiger partial charge in [-0.2, -0.15) is 0 Å². The number of hydrogen-bond donors (Lipinski definition) is 3. The Morgan fingerprint density at radius 1 is 0.962 bits per heavy atom. The standard InChI is InChI=1S/C21H42N4O/c1-4-19(25-3)12-6-5-10-18(11-9-15-23)16-17(2)21(26)20(24)13-7-8-14-22/h18-20H,2-16,22-24H2,1H3. The number of hydrogen-bond acceptors (Lipinski definition) is 5. The first kappa shape index (κ1) is 25.0. The largest absolute Gasteiger partial charge is 0.330 e. The molecule has 0 aliphatic heterocycles. The van der Waals surface area contributed by atoms with Crippen LogP contribution in [0.3, 0.4) is 0 Å². The average Bonchev–Trinajstić information content (AvgIpc) is 2.65. The molecule has 152 valence electrons. The number of carbonyl (C=O) groups excluding carboxylic acids is 1. The first-order chi connectivity index (χ1) is 12.5. The van der Waals surface area contributed by atoms with Crippen molar-refractivity contribution in [3.63, 3.8) is 0 Å². The van der Waals surface area contributed by atoms with Gasteiger partial charge in [-0.25, -0.2) is 0 Å². The van der Waals surface area contributed by atoms with Crippen LogP contribution in [-0.2, 0) is 4.79 Å². The Bertz CT molecular complexity index is 397. The second kappa shape index (κ2) is 16.2. The van der Waals surface area contributed by atoms with Gasteiger partial charge in [0, 0.05) is 6.04 Å². The molecule has 0 aromatic rings. The molecule has 0 aliphatic rings. The highest BCUT2D eigenvalue weighted by molar-refractivity contribution is 5.98. The molecule has 0 fully saturated rings. The zero-order valence-electron chi connectivity index (χ0n) is 16.9. The summed E-state index contributed by atoms with van der Waals surface area (Å²) in [5.41, 5.74) is 17.9. The van der Waals surface area contributed by atoms with E-state index >= 15 is 0 Å². The molecule has 26 heavy (non-hydrogen) atoms. The molecule has 0 aliphatic carbocycles. The maximum atomic E-state index is 12.4. The van der Waals surface area contributed by atoms with Crippen molar-refractivity contribution in [2.24, 2.45) is 28.1 Å². The predicted molar refractivity (Wildman–Crippen MR) is 114 cm³/mol. The number of rotatable bonds is 18. The van der Waals surface area contributed by atoms with Crippen LogP contribution in [0.4, 0.5) is 0 Å². The average molecular weight is 367 g/mol. The normalized spacial score (nSPS) is 14.6. The molecule has 5 heteroatoms. The van der Waals surface area contributed by atoms with Crippen LogP contribution in [0.25, 0.3) is 0 Å². The zero-order valence-corrected chi connectivity index (χ0v) is 16.9. The van der Waals surface area contributed by atoms with Crippen LogP contribution in [0, 0.1) is 5.92 Å². The lowest BCUT2D eigenvalue weighted by Crippen LogP contribution is -2.32. The molecule has 0 rings (SSSR count). The van der Waals surface area contributed by atoms with Gasteiger partial charge in [0.1, 0.15) is 0 Å². The second-order valence-corrected chi connectivity index (χ2v) is 7.39. The van der Waals surface area contributed by atoms with Crippen molar-refractivity contribution in [2.75, 3.05) is 13.1 Å². The number of nitrogens with two attached hydrogens (primary N) is 3. The Balaban J connectivity index is 4.37. The van der Waals surface area contributed by atoms with Crippen LogP contribution in [0.15, 0.2) is 17.1 Å². The third-order valence-corrected chi connectivity index (χ3v) is 5.14. The van der Waals surface area contributed by atoms with E-state index in [1.54, 1.807) is 0 Å². The van der Waals surface area contributed by atoms with Gasteiger partial charge in [-0.3, -0.25) is 9.79 Å². The molecule has 0 aromatic carbocycles. The molecule has 0 saturated heterocycles. The van der Waals surface area contributed by atoms with Gasteiger partial charge in [-0.05, 0) is 76.2 Å². The summed E-state index contributed by atoms with van der Waals surface area (Å²) in [4.78, 5) is 16.6. The fraction of sp³-hybridized carbons (Fsp3) is 0.810. The topological polar surface area (TPSA) is 107 Å². The minimum Gasteiger partial charge on any atom is -0.330 e. The van der Waals surface area contributed by atoms with E-state index in [4.69, 9.17) is 17.2 Å². The van der Waals surface area contributed by atoms with Gasteiger partial charge >= 0.3 is 0 Å². The highest BCUT2D eigenvalue weighted by Crippen LogP contribution is 2.24. The SMILES string of the molecule is C=NC(CC)CCCCC(CCCN)CC(=C)C(=O)C(N)CCCCN. The van der Waals surface area contributed by atoms with E-state index in [2.05, 4.69) is 25.2 Å². The first-order valence-corrected chi connectivity index (χ1v) is 10.3. The minimum absolute atomic E-state index is 0.0154. The number of ketones is 1. The lowest BCUT2D eigenvalue weighted by Gasteiger charge is -2.20. The fourth-order valence-electron chi connectivity index (χ4n) is 3.34. The molecule has 6 N–H and O–H groups in total. The van der Waals surface area contributed by atoms with Gasteiger partial charge in [0.15, 0.2) is 5.78 Å². The highest BCUT2D eigenvalue weighted by atomic mass is 16.1. The van der Waals surface area contributed by atoms with Gasteiger partial charge in [-0.15, -0.1) is 0 Å². The Hall–Kier alpha value is -1.04. The molecule has 0 aromatic heterocycles. The van der Waals surface area contributed by atoms with Crippen LogP contribution >= 0.6 is 0 Å². The number of aliphatic imine (C=N–C) groups is 1. The molecule has 3 atom stereocenters. The van der Waals surface area contributed by atoms with Gasteiger partial charge in [-0.1, -0.05) is 39.2 Å². The van der Waals surface area contributed by atoms with E-state index < -0.39 is 6.04 Å². The van der Waals surface area contributed by atoms with Gasteiger partial charge in [0.25, 0.3) is 0 Å².